The van der Waals surface area contributed by atoms with E-state index in [2.05, 4.69) is 17.5 Å². The highest BCUT2D eigenvalue weighted by Crippen LogP contribution is 2.15. The van der Waals surface area contributed by atoms with E-state index in [4.69, 9.17) is 4.74 Å². The standard InChI is InChI=1S/C19H30N2O2/c1-3-5-6-7-8-9-10-15-19(22)21-20-16-17-13-11-12-14-18(17)23-4-2/h11-14,16H,3-10,15H2,1-2H3,(H,21,22)/b20-16+. The highest BCUT2D eigenvalue weighted by Gasteiger charge is 2.01. The Kier molecular flexibility index (Phi) is 10.6. The van der Waals surface area contributed by atoms with Gasteiger partial charge in [0.25, 0.3) is 0 Å². The van der Waals surface area contributed by atoms with Crippen molar-refractivity contribution in [3.8, 4) is 5.75 Å². The zero-order valence-electron chi connectivity index (χ0n) is 14.5. The van der Waals surface area contributed by atoms with Crippen LogP contribution in [0.4, 0.5) is 0 Å². The van der Waals surface area contributed by atoms with Crippen molar-refractivity contribution in [1.29, 1.82) is 0 Å². The third-order valence-electron chi connectivity index (χ3n) is 3.62. The number of nitrogens with one attached hydrogen (secondary N) is 1. The van der Waals surface area contributed by atoms with E-state index in [-0.39, 0.29) is 5.91 Å². The van der Waals surface area contributed by atoms with Crippen molar-refractivity contribution in [3.05, 3.63) is 29.8 Å². The first kappa shape index (κ1) is 19.2. The molecule has 0 aromatic heterocycles. The molecule has 0 aliphatic heterocycles. The summed E-state index contributed by atoms with van der Waals surface area (Å²) < 4.78 is 5.51. The molecule has 0 aliphatic carbocycles. The molecular formula is C19H30N2O2. The number of hydrogen-bond donors (Lipinski definition) is 1. The van der Waals surface area contributed by atoms with Gasteiger partial charge in [0.1, 0.15) is 5.75 Å². The molecule has 0 aliphatic rings. The van der Waals surface area contributed by atoms with Gasteiger partial charge in [0.15, 0.2) is 0 Å². The van der Waals surface area contributed by atoms with Crippen molar-refractivity contribution in [3.63, 3.8) is 0 Å². The summed E-state index contributed by atoms with van der Waals surface area (Å²) >= 11 is 0. The zero-order valence-corrected chi connectivity index (χ0v) is 14.5. The molecule has 0 saturated carbocycles. The van der Waals surface area contributed by atoms with Gasteiger partial charge in [-0.15, -0.1) is 0 Å². The van der Waals surface area contributed by atoms with Crippen molar-refractivity contribution in [2.45, 2.75) is 65.2 Å². The lowest BCUT2D eigenvalue weighted by Gasteiger charge is -2.05. The lowest BCUT2D eigenvalue weighted by molar-refractivity contribution is -0.121. The first-order valence-electron chi connectivity index (χ1n) is 8.81. The number of hydrazone groups is 1. The van der Waals surface area contributed by atoms with E-state index in [9.17, 15) is 4.79 Å². The number of rotatable bonds is 12. The minimum atomic E-state index is -0.0244. The molecule has 4 nitrogen and oxygen atoms in total. The van der Waals surface area contributed by atoms with Crippen molar-refractivity contribution in [2.75, 3.05) is 6.61 Å². The third-order valence-corrected chi connectivity index (χ3v) is 3.62. The zero-order chi connectivity index (χ0) is 16.8. The van der Waals surface area contributed by atoms with Crippen LogP contribution >= 0.6 is 0 Å². The quantitative estimate of drug-likeness (QED) is 0.346. The normalized spacial score (nSPS) is 10.9. The fourth-order valence-electron chi connectivity index (χ4n) is 2.35. The molecule has 1 N–H and O–H groups in total. The fraction of sp³-hybridized carbons (Fsp3) is 0.579. The lowest BCUT2D eigenvalue weighted by Crippen LogP contribution is -2.17. The first-order valence-corrected chi connectivity index (χ1v) is 8.81. The number of carbonyl (C=O) groups excluding carboxylic acids is 1. The van der Waals surface area contributed by atoms with E-state index in [1.54, 1.807) is 6.21 Å². The topological polar surface area (TPSA) is 50.7 Å². The van der Waals surface area contributed by atoms with Crippen LogP contribution in [-0.4, -0.2) is 18.7 Å². The molecule has 0 fully saturated rings. The summed E-state index contributed by atoms with van der Waals surface area (Å²) in [6, 6.07) is 7.65. The second-order valence-electron chi connectivity index (χ2n) is 5.64. The Balaban J connectivity index is 2.20. The highest BCUT2D eigenvalue weighted by molar-refractivity contribution is 5.85. The number of para-hydroxylation sites is 1. The van der Waals surface area contributed by atoms with Crippen LogP contribution in [0.25, 0.3) is 0 Å². The maximum Gasteiger partial charge on any atom is 0.240 e. The molecule has 128 valence electrons. The summed E-state index contributed by atoms with van der Waals surface area (Å²) in [5.41, 5.74) is 3.45. The Hall–Kier alpha value is -1.84. The molecule has 1 rings (SSSR count). The first-order chi connectivity index (χ1) is 11.3. The van der Waals surface area contributed by atoms with Gasteiger partial charge >= 0.3 is 0 Å². The fourth-order valence-corrected chi connectivity index (χ4v) is 2.35. The van der Waals surface area contributed by atoms with Crippen LogP contribution < -0.4 is 10.2 Å². The van der Waals surface area contributed by atoms with Gasteiger partial charge < -0.3 is 4.74 Å². The van der Waals surface area contributed by atoms with Crippen LogP contribution in [0.15, 0.2) is 29.4 Å². The Bertz CT molecular complexity index is 472. The summed E-state index contributed by atoms with van der Waals surface area (Å²) in [7, 11) is 0. The number of carbonyl (C=O) groups is 1. The largest absolute Gasteiger partial charge is 0.493 e. The average Bonchev–Trinajstić information content (AvgIpc) is 2.56. The minimum Gasteiger partial charge on any atom is -0.493 e. The van der Waals surface area contributed by atoms with Crippen molar-refractivity contribution in [2.24, 2.45) is 5.10 Å². The molecule has 1 aromatic carbocycles. The van der Waals surface area contributed by atoms with E-state index in [0.717, 1.165) is 24.2 Å². The van der Waals surface area contributed by atoms with Gasteiger partial charge in [-0.05, 0) is 25.5 Å². The smallest absolute Gasteiger partial charge is 0.240 e. The summed E-state index contributed by atoms with van der Waals surface area (Å²) in [6.45, 7) is 4.77. The average molecular weight is 318 g/mol. The van der Waals surface area contributed by atoms with Gasteiger partial charge in [-0.25, -0.2) is 5.43 Å². The van der Waals surface area contributed by atoms with Gasteiger partial charge in [-0.1, -0.05) is 57.6 Å². The summed E-state index contributed by atoms with van der Waals surface area (Å²) in [4.78, 5) is 11.7. The molecule has 0 saturated heterocycles. The Morgan fingerprint density at radius 2 is 1.78 bits per heavy atom. The van der Waals surface area contributed by atoms with Gasteiger partial charge in [-0.3, -0.25) is 4.79 Å². The van der Waals surface area contributed by atoms with Crippen molar-refractivity contribution < 1.29 is 9.53 Å². The molecule has 0 unspecified atom stereocenters. The van der Waals surface area contributed by atoms with E-state index in [1.807, 2.05) is 31.2 Å². The molecule has 0 spiro atoms. The number of ether oxygens (including phenoxy) is 1. The molecular weight excluding hydrogens is 288 g/mol. The second-order valence-corrected chi connectivity index (χ2v) is 5.64. The number of amides is 1. The number of unbranched alkanes of at least 4 members (excludes halogenated alkanes) is 6. The van der Waals surface area contributed by atoms with Crippen LogP contribution in [0.2, 0.25) is 0 Å². The monoisotopic (exact) mass is 318 g/mol. The van der Waals surface area contributed by atoms with Gasteiger partial charge in [0, 0.05) is 12.0 Å². The maximum absolute atomic E-state index is 11.7. The maximum atomic E-state index is 11.7. The van der Waals surface area contributed by atoms with Crippen LogP contribution in [0.5, 0.6) is 5.75 Å². The second kappa shape index (κ2) is 12.7. The number of hydrogen-bond acceptors (Lipinski definition) is 3. The highest BCUT2D eigenvalue weighted by atomic mass is 16.5. The van der Waals surface area contributed by atoms with Crippen molar-refractivity contribution >= 4 is 12.1 Å². The Morgan fingerprint density at radius 1 is 1.09 bits per heavy atom. The SMILES string of the molecule is CCCCCCCCCC(=O)N/N=C/c1ccccc1OCC. The Morgan fingerprint density at radius 3 is 2.52 bits per heavy atom. The molecule has 0 atom stereocenters. The predicted octanol–water partition coefficient (Wildman–Crippen LogP) is 4.68. The van der Waals surface area contributed by atoms with Gasteiger partial charge in [-0.2, -0.15) is 5.10 Å². The van der Waals surface area contributed by atoms with Crippen LogP contribution in [-0.2, 0) is 4.79 Å². The van der Waals surface area contributed by atoms with Crippen LogP contribution in [0, 0.1) is 0 Å². The molecule has 0 radical (unpaired) electrons. The van der Waals surface area contributed by atoms with Crippen molar-refractivity contribution in [1.82, 2.24) is 5.43 Å². The van der Waals surface area contributed by atoms with E-state index < -0.39 is 0 Å². The van der Waals surface area contributed by atoms with Crippen LogP contribution in [0.3, 0.4) is 0 Å². The van der Waals surface area contributed by atoms with Gasteiger partial charge in [0.05, 0.1) is 12.8 Å². The van der Waals surface area contributed by atoms with Gasteiger partial charge in [0.2, 0.25) is 5.91 Å². The Labute approximate surface area is 140 Å². The van der Waals surface area contributed by atoms with E-state index >= 15 is 0 Å². The lowest BCUT2D eigenvalue weighted by atomic mass is 10.1. The molecule has 0 bridgehead atoms. The molecule has 1 amide bonds. The van der Waals surface area contributed by atoms with E-state index in [0.29, 0.717) is 13.0 Å². The van der Waals surface area contributed by atoms with E-state index in [1.165, 1.54) is 32.1 Å². The number of benzene rings is 1. The summed E-state index contributed by atoms with van der Waals surface area (Å²) in [6.07, 6.45) is 10.6. The molecule has 0 heterocycles. The minimum absolute atomic E-state index is 0.0244. The predicted molar refractivity (Wildman–Crippen MR) is 96.0 cm³/mol. The van der Waals surface area contributed by atoms with Crippen LogP contribution in [0.1, 0.15) is 70.8 Å². The number of nitrogens with zero attached hydrogens (tertiary/aromatic N) is 1. The summed E-state index contributed by atoms with van der Waals surface area (Å²) in [5.74, 6) is 0.753. The third kappa shape index (κ3) is 9.01. The molecule has 1 aromatic rings. The molecule has 23 heavy (non-hydrogen) atoms. The molecule has 4 heteroatoms. The summed E-state index contributed by atoms with van der Waals surface area (Å²) in [5, 5.41) is 4.02.